The van der Waals surface area contributed by atoms with Crippen molar-refractivity contribution in [1.82, 2.24) is 20.5 Å². The van der Waals surface area contributed by atoms with Crippen molar-refractivity contribution in [3.8, 4) is 0 Å². The van der Waals surface area contributed by atoms with Crippen molar-refractivity contribution in [1.29, 1.82) is 0 Å². The second-order valence-electron chi connectivity index (χ2n) is 3.33. The number of nitrogens with one attached hydrogen (secondary N) is 2. The van der Waals surface area contributed by atoms with E-state index in [1.165, 1.54) is 4.88 Å². The summed E-state index contributed by atoms with van der Waals surface area (Å²) in [5.41, 5.74) is 0. The first kappa shape index (κ1) is 10.3. The molecule has 0 aliphatic rings. The Hall–Kier alpha value is -1.20. The summed E-state index contributed by atoms with van der Waals surface area (Å²) in [6.07, 6.45) is 3.65. The quantitative estimate of drug-likeness (QED) is 0.810. The van der Waals surface area contributed by atoms with Gasteiger partial charge >= 0.3 is 0 Å². The highest BCUT2D eigenvalue weighted by molar-refractivity contribution is 7.09. The van der Waals surface area contributed by atoms with Crippen molar-refractivity contribution in [3.05, 3.63) is 34.5 Å². The molecule has 1 unspecified atom stereocenters. The highest BCUT2D eigenvalue weighted by Gasteiger charge is 2.11. The van der Waals surface area contributed by atoms with Crippen LogP contribution in [0.3, 0.4) is 0 Å². The zero-order chi connectivity index (χ0) is 10.5. The number of thiophene rings is 1. The van der Waals surface area contributed by atoms with Gasteiger partial charge in [0.2, 0.25) is 0 Å². The van der Waals surface area contributed by atoms with Crippen LogP contribution in [0.2, 0.25) is 0 Å². The van der Waals surface area contributed by atoms with Crippen LogP contribution in [0.4, 0.5) is 0 Å². The van der Waals surface area contributed by atoms with Gasteiger partial charge in [-0.25, -0.2) is 4.98 Å². The Balaban J connectivity index is 1.92. The molecule has 0 amide bonds. The number of nitrogens with zero attached hydrogens (tertiary/aromatic N) is 2. The molecule has 0 aliphatic carbocycles. The highest BCUT2D eigenvalue weighted by Crippen LogP contribution is 2.17. The van der Waals surface area contributed by atoms with E-state index in [1.807, 2.05) is 7.05 Å². The summed E-state index contributed by atoms with van der Waals surface area (Å²) < 4.78 is 0. The van der Waals surface area contributed by atoms with Crippen molar-refractivity contribution in [2.75, 3.05) is 7.05 Å². The summed E-state index contributed by atoms with van der Waals surface area (Å²) in [5.74, 6) is 0.911. The van der Waals surface area contributed by atoms with Crippen LogP contribution in [-0.4, -0.2) is 22.2 Å². The molecule has 0 spiro atoms. The average molecular weight is 222 g/mol. The average Bonchev–Trinajstić information content (AvgIpc) is 2.90. The predicted octanol–water partition coefficient (Wildman–Crippen LogP) is 1.76. The van der Waals surface area contributed by atoms with Gasteiger partial charge in [-0.3, -0.25) is 5.10 Å². The van der Waals surface area contributed by atoms with Crippen molar-refractivity contribution in [2.24, 2.45) is 0 Å². The van der Waals surface area contributed by atoms with E-state index in [9.17, 15) is 0 Å². The summed E-state index contributed by atoms with van der Waals surface area (Å²) in [5, 5.41) is 12.1. The second kappa shape index (κ2) is 5.04. The minimum absolute atomic E-state index is 0.259. The Morgan fingerprint density at radius 2 is 2.53 bits per heavy atom. The van der Waals surface area contributed by atoms with Gasteiger partial charge in [-0.1, -0.05) is 6.07 Å². The summed E-state index contributed by atoms with van der Waals surface area (Å²) in [6.45, 7) is 0. The maximum Gasteiger partial charge on any atom is 0.141 e. The Bertz CT molecular complexity index is 368. The lowest BCUT2D eigenvalue weighted by Crippen LogP contribution is -2.18. The SMILES string of the molecule is CNC(CCc1cccs1)c1ncn[nH]1. The van der Waals surface area contributed by atoms with Crippen molar-refractivity contribution in [2.45, 2.75) is 18.9 Å². The van der Waals surface area contributed by atoms with Crippen molar-refractivity contribution >= 4 is 11.3 Å². The van der Waals surface area contributed by atoms with Gasteiger partial charge in [0.25, 0.3) is 0 Å². The van der Waals surface area contributed by atoms with Crippen LogP contribution in [0.1, 0.15) is 23.2 Å². The normalized spacial score (nSPS) is 12.9. The number of H-pyrrole nitrogens is 1. The van der Waals surface area contributed by atoms with Gasteiger partial charge in [-0.2, -0.15) is 5.10 Å². The first-order chi connectivity index (χ1) is 7.40. The molecule has 0 aromatic carbocycles. The lowest BCUT2D eigenvalue weighted by Gasteiger charge is -2.11. The molecule has 1 atom stereocenters. The van der Waals surface area contributed by atoms with E-state index in [4.69, 9.17) is 0 Å². The van der Waals surface area contributed by atoms with Crippen LogP contribution in [-0.2, 0) is 6.42 Å². The van der Waals surface area contributed by atoms with Crippen LogP contribution in [0.5, 0.6) is 0 Å². The maximum atomic E-state index is 4.16. The van der Waals surface area contributed by atoms with E-state index in [0.717, 1.165) is 18.7 Å². The Morgan fingerprint density at radius 1 is 1.60 bits per heavy atom. The number of hydrogen-bond donors (Lipinski definition) is 2. The first-order valence-electron chi connectivity index (χ1n) is 4.95. The fourth-order valence-electron chi connectivity index (χ4n) is 1.54. The molecule has 0 aliphatic heterocycles. The fraction of sp³-hybridized carbons (Fsp3) is 0.400. The van der Waals surface area contributed by atoms with E-state index in [1.54, 1.807) is 17.7 Å². The summed E-state index contributed by atoms with van der Waals surface area (Å²) in [4.78, 5) is 5.57. The van der Waals surface area contributed by atoms with Crippen LogP contribution >= 0.6 is 11.3 Å². The molecule has 0 bridgehead atoms. The minimum Gasteiger partial charge on any atom is -0.310 e. The topological polar surface area (TPSA) is 53.6 Å². The molecule has 0 saturated carbocycles. The standard InChI is InChI=1S/C10H14N4S/c1-11-9(10-12-7-13-14-10)5-4-8-3-2-6-15-8/h2-3,6-7,9,11H,4-5H2,1H3,(H,12,13,14). The van der Waals surface area contributed by atoms with Gasteiger partial charge in [-0.05, 0) is 31.3 Å². The number of aromatic amines is 1. The summed E-state index contributed by atoms with van der Waals surface area (Å²) in [7, 11) is 1.95. The summed E-state index contributed by atoms with van der Waals surface area (Å²) in [6, 6.07) is 4.51. The molecular weight excluding hydrogens is 208 g/mol. The lowest BCUT2D eigenvalue weighted by molar-refractivity contribution is 0.524. The third-order valence-corrected chi connectivity index (χ3v) is 3.31. The van der Waals surface area contributed by atoms with Gasteiger partial charge in [-0.15, -0.1) is 11.3 Å². The van der Waals surface area contributed by atoms with Crippen molar-refractivity contribution in [3.63, 3.8) is 0 Å². The van der Waals surface area contributed by atoms with Gasteiger partial charge in [0.05, 0.1) is 6.04 Å². The van der Waals surface area contributed by atoms with Crippen molar-refractivity contribution < 1.29 is 0 Å². The molecule has 0 radical (unpaired) electrons. The van der Waals surface area contributed by atoms with Crippen LogP contribution in [0, 0.1) is 0 Å². The zero-order valence-electron chi connectivity index (χ0n) is 8.60. The Morgan fingerprint density at radius 3 is 3.13 bits per heavy atom. The van der Waals surface area contributed by atoms with E-state index >= 15 is 0 Å². The highest BCUT2D eigenvalue weighted by atomic mass is 32.1. The van der Waals surface area contributed by atoms with Crippen LogP contribution in [0.15, 0.2) is 23.8 Å². The molecule has 2 aromatic heterocycles. The smallest absolute Gasteiger partial charge is 0.141 e. The molecule has 2 heterocycles. The third kappa shape index (κ3) is 2.64. The van der Waals surface area contributed by atoms with E-state index < -0.39 is 0 Å². The molecule has 15 heavy (non-hydrogen) atoms. The van der Waals surface area contributed by atoms with E-state index in [-0.39, 0.29) is 6.04 Å². The van der Waals surface area contributed by atoms with Gasteiger partial charge < -0.3 is 5.32 Å². The van der Waals surface area contributed by atoms with Crippen LogP contribution < -0.4 is 5.32 Å². The second-order valence-corrected chi connectivity index (χ2v) is 4.36. The molecule has 4 nitrogen and oxygen atoms in total. The molecule has 0 saturated heterocycles. The molecule has 2 N–H and O–H groups in total. The summed E-state index contributed by atoms with van der Waals surface area (Å²) >= 11 is 1.80. The number of rotatable bonds is 5. The Labute approximate surface area is 92.8 Å². The molecule has 80 valence electrons. The molecule has 5 heteroatoms. The van der Waals surface area contributed by atoms with E-state index in [2.05, 4.69) is 38.0 Å². The van der Waals surface area contributed by atoms with Gasteiger partial charge in [0.1, 0.15) is 12.2 Å². The minimum atomic E-state index is 0.259. The molecule has 2 aromatic rings. The number of aryl methyl sites for hydroxylation is 1. The van der Waals surface area contributed by atoms with E-state index in [0.29, 0.717) is 0 Å². The predicted molar refractivity (Wildman–Crippen MR) is 60.8 cm³/mol. The van der Waals surface area contributed by atoms with Crippen LogP contribution in [0.25, 0.3) is 0 Å². The zero-order valence-corrected chi connectivity index (χ0v) is 9.42. The first-order valence-corrected chi connectivity index (χ1v) is 5.83. The molecule has 2 rings (SSSR count). The van der Waals surface area contributed by atoms with Gasteiger partial charge in [0, 0.05) is 4.88 Å². The fourth-order valence-corrected chi connectivity index (χ4v) is 2.27. The maximum absolute atomic E-state index is 4.16. The van der Waals surface area contributed by atoms with Gasteiger partial charge in [0.15, 0.2) is 0 Å². The monoisotopic (exact) mass is 222 g/mol. The number of hydrogen-bond acceptors (Lipinski definition) is 4. The molecular formula is C10H14N4S. The number of aromatic nitrogens is 3. The molecule has 0 fully saturated rings. The largest absolute Gasteiger partial charge is 0.310 e. The third-order valence-electron chi connectivity index (χ3n) is 2.37. The lowest BCUT2D eigenvalue weighted by atomic mass is 10.1. The Kier molecular flexibility index (Phi) is 3.47.